The molecule has 1 aliphatic carbocycles. The maximum atomic E-state index is 14.8. The molecule has 2 aliphatic rings. The smallest absolute Gasteiger partial charge is 0.272 e. The highest BCUT2D eigenvalue weighted by Crippen LogP contribution is 2.30. The van der Waals surface area contributed by atoms with Crippen molar-refractivity contribution in [1.29, 1.82) is 0 Å². The maximum absolute atomic E-state index is 14.8. The summed E-state index contributed by atoms with van der Waals surface area (Å²) >= 11 is 6.16. The molecule has 2 heterocycles. The molecule has 9 heteroatoms. The van der Waals surface area contributed by atoms with E-state index >= 15 is 0 Å². The van der Waals surface area contributed by atoms with Crippen LogP contribution in [0.4, 0.5) is 4.39 Å². The van der Waals surface area contributed by atoms with E-state index in [4.69, 9.17) is 11.6 Å². The van der Waals surface area contributed by atoms with Gasteiger partial charge >= 0.3 is 0 Å². The van der Waals surface area contributed by atoms with Crippen molar-refractivity contribution in [3.63, 3.8) is 0 Å². The minimum Gasteiger partial charge on any atom is -0.352 e. The summed E-state index contributed by atoms with van der Waals surface area (Å²) in [6.45, 7) is 7.73. The second kappa shape index (κ2) is 10.3. The monoisotopic (exact) mass is 503 g/mol. The number of carbonyl (C=O) groups is 2. The average Bonchev–Trinajstić information content (AvgIpc) is 3.36. The highest BCUT2D eigenvalue weighted by molar-refractivity contribution is 6.30. The van der Waals surface area contributed by atoms with Crippen LogP contribution in [0.25, 0.3) is 11.4 Å². The Morgan fingerprint density at radius 1 is 1.17 bits per heavy atom. The van der Waals surface area contributed by atoms with E-state index in [1.54, 1.807) is 0 Å². The molecule has 190 valence electrons. The summed E-state index contributed by atoms with van der Waals surface area (Å²) in [5.41, 5.74) is 0.679. The fraction of sp³-hybridized carbons (Fsp3) is 0.577. The van der Waals surface area contributed by atoms with Gasteiger partial charge in [0, 0.05) is 24.2 Å². The zero-order valence-electron chi connectivity index (χ0n) is 21.0. The van der Waals surface area contributed by atoms with E-state index in [-0.39, 0.29) is 23.2 Å². The summed E-state index contributed by atoms with van der Waals surface area (Å²) in [7, 11) is 1.98. The molecule has 0 spiro atoms. The highest BCUT2D eigenvalue weighted by atomic mass is 35.5. The van der Waals surface area contributed by atoms with Gasteiger partial charge in [-0.1, -0.05) is 45.2 Å². The van der Waals surface area contributed by atoms with Crippen LogP contribution < -0.4 is 10.6 Å². The summed E-state index contributed by atoms with van der Waals surface area (Å²) in [5.74, 6) is -0.682. The van der Waals surface area contributed by atoms with Gasteiger partial charge in [0.25, 0.3) is 5.91 Å². The van der Waals surface area contributed by atoms with Crippen LogP contribution in [0.3, 0.4) is 0 Å². The third-order valence-corrected chi connectivity index (χ3v) is 7.14. The molecule has 2 N–H and O–H groups in total. The van der Waals surface area contributed by atoms with E-state index in [9.17, 15) is 14.0 Å². The standard InChI is InChI=1S/C26H35ClFN5O2/c1-26(2,3)22(25(35)29-17-8-5-6-9-17)31-24(34)21-20-15-32(4)12-7-13-33(20)23(30-21)18-14-16(27)10-11-19(18)28/h10-11,14,17,22H,5-9,12-13,15H2,1-4H3,(H,29,35)(H,31,34)/t22-/m1/s1. The molecule has 2 aromatic rings. The van der Waals surface area contributed by atoms with E-state index < -0.39 is 23.2 Å². The van der Waals surface area contributed by atoms with Crippen molar-refractivity contribution in [1.82, 2.24) is 25.1 Å². The normalized spacial score (nSPS) is 18.1. The Morgan fingerprint density at radius 3 is 2.57 bits per heavy atom. The summed E-state index contributed by atoms with van der Waals surface area (Å²) in [6.07, 6.45) is 4.98. The molecule has 1 atom stereocenters. The highest BCUT2D eigenvalue weighted by Gasteiger charge is 2.36. The number of amides is 2. The number of hydrogen-bond donors (Lipinski definition) is 2. The molecule has 1 saturated carbocycles. The first-order chi connectivity index (χ1) is 16.5. The van der Waals surface area contributed by atoms with Gasteiger partial charge in [0.05, 0.1) is 11.3 Å². The van der Waals surface area contributed by atoms with Crippen LogP contribution >= 0.6 is 11.6 Å². The van der Waals surface area contributed by atoms with Crippen LogP contribution in [0, 0.1) is 11.2 Å². The van der Waals surface area contributed by atoms with Crippen molar-refractivity contribution in [3.05, 3.63) is 40.4 Å². The number of imidazole rings is 1. The van der Waals surface area contributed by atoms with Gasteiger partial charge in [0.15, 0.2) is 5.69 Å². The lowest BCUT2D eigenvalue weighted by atomic mass is 9.85. The number of aromatic nitrogens is 2. The lowest BCUT2D eigenvalue weighted by Crippen LogP contribution is -2.55. The molecule has 1 aromatic carbocycles. The number of halogens is 2. The summed E-state index contributed by atoms with van der Waals surface area (Å²) in [6, 6.07) is 3.76. The minimum absolute atomic E-state index is 0.152. The number of benzene rings is 1. The lowest BCUT2D eigenvalue weighted by molar-refractivity contribution is -0.126. The molecule has 4 rings (SSSR count). The van der Waals surface area contributed by atoms with Gasteiger partial charge in [0.2, 0.25) is 5.91 Å². The lowest BCUT2D eigenvalue weighted by Gasteiger charge is -2.31. The molecule has 1 fully saturated rings. The Bertz CT molecular complexity index is 1100. The van der Waals surface area contributed by atoms with Crippen LogP contribution in [0.2, 0.25) is 5.02 Å². The van der Waals surface area contributed by atoms with Crippen LogP contribution in [0.5, 0.6) is 0 Å². The fourth-order valence-electron chi connectivity index (χ4n) is 5.01. The second-order valence-electron chi connectivity index (χ2n) is 10.9. The van der Waals surface area contributed by atoms with E-state index in [1.807, 2.05) is 32.4 Å². The van der Waals surface area contributed by atoms with Gasteiger partial charge in [-0.15, -0.1) is 0 Å². The number of carbonyl (C=O) groups excluding carboxylic acids is 2. The van der Waals surface area contributed by atoms with Gasteiger partial charge in [-0.2, -0.15) is 0 Å². The van der Waals surface area contributed by atoms with Gasteiger partial charge < -0.3 is 20.1 Å². The molecular weight excluding hydrogens is 469 g/mol. The summed E-state index contributed by atoms with van der Waals surface area (Å²) < 4.78 is 16.7. The van der Waals surface area contributed by atoms with Gasteiger partial charge in [-0.25, -0.2) is 9.37 Å². The molecular formula is C26H35ClFN5O2. The van der Waals surface area contributed by atoms with Crippen LogP contribution in [0.1, 0.15) is 69.1 Å². The molecule has 0 saturated heterocycles. The predicted molar refractivity (Wildman–Crippen MR) is 135 cm³/mol. The predicted octanol–water partition coefficient (Wildman–Crippen LogP) is 4.38. The average molecular weight is 504 g/mol. The van der Waals surface area contributed by atoms with Crippen molar-refractivity contribution >= 4 is 23.4 Å². The van der Waals surface area contributed by atoms with Gasteiger partial charge in [-0.3, -0.25) is 9.59 Å². The Hall–Kier alpha value is -2.45. The van der Waals surface area contributed by atoms with Crippen LogP contribution in [-0.2, 0) is 17.9 Å². The number of fused-ring (bicyclic) bond motifs is 1. The molecule has 0 unspecified atom stereocenters. The molecule has 1 aliphatic heterocycles. The molecule has 0 radical (unpaired) electrons. The SMILES string of the molecule is CN1CCCn2c(-c3cc(Cl)ccc3F)nc(C(=O)N[C@H](C(=O)NC3CCCC3)C(C)(C)C)c2C1. The largest absolute Gasteiger partial charge is 0.352 e. The molecule has 0 bridgehead atoms. The van der Waals surface area contributed by atoms with Crippen molar-refractivity contribution in [2.75, 3.05) is 13.6 Å². The minimum atomic E-state index is -0.734. The summed E-state index contributed by atoms with van der Waals surface area (Å²) in [4.78, 5) is 33.6. The Labute approximate surface area is 211 Å². The zero-order valence-corrected chi connectivity index (χ0v) is 21.7. The topological polar surface area (TPSA) is 79.3 Å². The van der Waals surface area contributed by atoms with Crippen molar-refractivity contribution < 1.29 is 14.0 Å². The maximum Gasteiger partial charge on any atom is 0.272 e. The Morgan fingerprint density at radius 2 is 1.89 bits per heavy atom. The first-order valence-corrected chi connectivity index (χ1v) is 12.8. The number of hydrogen-bond acceptors (Lipinski definition) is 4. The van der Waals surface area contributed by atoms with Gasteiger partial charge in [0.1, 0.15) is 17.7 Å². The zero-order chi connectivity index (χ0) is 25.3. The quantitative estimate of drug-likeness (QED) is 0.634. The first kappa shape index (κ1) is 25.6. The van der Waals surface area contributed by atoms with Crippen LogP contribution in [-0.4, -0.2) is 51.9 Å². The molecule has 7 nitrogen and oxygen atoms in total. The van der Waals surface area contributed by atoms with E-state index in [0.29, 0.717) is 29.6 Å². The Balaban J connectivity index is 1.69. The molecule has 1 aromatic heterocycles. The van der Waals surface area contributed by atoms with Crippen LogP contribution in [0.15, 0.2) is 18.2 Å². The third-order valence-electron chi connectivity index (χ3n) is 6.90. The second-order valence-corrected chi connectivity index (χ2v) is 11.3. The number of rotatable bonds is 5. The fourth-order valence-corrected chi connectivity index (χ4v) is 5.18. The first-order valence-electron chi connectivity index (χ1n) is 12.4. The van der Waals surface area contributed by atoms with E-state index in [1.165, 1.54) is 18.2 Å². The van der Waals surface area contributed by atoms with Crippen molar-refractivity contribution in [2.45, 2.75) is 78.0 Å². The Kier molecular flexibility index (Phi) is 7.52. The third kappa shape index (κ3) is 5.70. The van der Waals surface area contributed by atoms with Crippen molar-refractivity contribution in [3.8, 4) is 11.4 Å². The van der Waals surface area contributed by atoms with Crippen molar-refractivity contribution in [2.24, 2.45) is 5.41 Å². The number of nitrogens with zero attached hydrogens (tertiary/aromatic N) is 3. The molecule has 2 amide bonds. The van der Waals surface area contributed by atoms with Gasteiger partial charge in [-0.05, 0) is 56.5 Å². The number of nitrogens with one attached hydrogen (secondary N) is 2. The van der Waals surface area contributed by atoms with E-state index in [2.05, 4.69) is 20.5 Å². The summed E-state index contributed by atoms with van der Waals surface area (Å²) in [5, 5.41) is 6.47. The van der Waals surface area contributed by atoms with E-state index in [0.717, 1.165) is 38.6 Å². The molecule has 35 heavy (non-hydrogen) atoms.